The lowest BCUT2D eigenvalue weighted by atomic mass is 9.67. The van der Waals surface area contributed by atoms with E-state index in [4.69, 9.17) is 14.2 Å². The smallest absolute Gasteiger partial charge is 0.328 e. The number of carbonyl (C=O) groups is 2. The quantitative estimate of drug-likeness (QED) is 0.637. The molecule has 0 bridgehead atoms. The molecule has 1 amide bonds. The molecule has 3 atom stereocenters. The molecule has 0 heterocycles. The summed E-state index contributed by atoms with van der Waals surface area (Å²) in [5.74, 6) is 0.544. The summed E-state index contributed by atoms with van der Waals surface area (Å²) in [5, 5.41) is 2.76. The van der Waals surface area contributed by atoms with E-state index in [1.54, 1.807) is 7.11 Å². The van der Waals surface area contributed by atoms with Crippen LogP contribution in [0.25, 0.3) is 0 Å². The van der Waals surface area contributed by atoms with Crippen LogP contribution in [0.1, 0.15) is 52.0 Å². The Morgan fingerprint density at radius 2 is 1.90 bits per heavy atom. The van der Waals surface area contributed by atoms with Crippen LogP contribution in [0.15, 0.2) is 24.3 Å². The average Bonchev–Trinajstić information content (AvgIpc) is 2.71. The number of esters is 1. The fraction of sp³-hybridized carbons (Fsp3) is 0.652. The molecule has 6 nitrogen and oxygen atoms in total. The molecule has 0 aliphatic heterocycles. The minimum Gasteiger partial charge on any atom is -0.497 e. The van der Waals surface area contributed by atoms with Crippen molar-refractivity contribution in [2.75, 3.05) is 20.8 Å². The van der Waals surface area contributed by atoms with Crippen LogP contribution in [0.4, 0.5) is 0 Å². The van der Waals surface area contributed by atoms with Gasteiger partial charge in [0.15, 0.2) is 0 Å². The van der Waals surface area contributed by atoms with E-state index in [0.717, 1.165) is 30.6 Å². The summed E-state index contributed by atoms with van der Waals surface area (Å²) in [6.45, 7) is 6.74. The summed E-state index contributed by atoms with van der Waals surface area (Å²) in [7, 11) is 2.92. The number of amides is 1. The van der Waals surface area contributed by atoms with E-state index in [9.17, 15) is 9.59 Å². The molecule has 6 heteroatoms. The molecule has 1 aromatic carbocycles. The molecule has 2 unspecified atom stereocenters. The van der Waals surface area contributed by atoms with Gasteiger partial charge in [0.05, 0.1) is 20.3 Å². The minimum atomic E-state index is -0.753. The van der Waals surface area contributed by atoms with E-state index in [-0.39, 0.29) is 24.0 Å². The third-order valence-electron chi connectivity index (χ3n) is 6.23. The van der Waals surface area contributed by atoms with Gasteiger partial charge in [-0.3, -0.25) is 4.79 Å². The van der Waals surface area contributed by atoms with Crippen LogP contribution in [-0.2, 0) is 25.5 Å². The van der Waals surface area contributed by atoms with Gasteiger partial charge in [-0.15, -0.1) is 0 Å². The molecule has 29 heavy (non-hydrogen) atoms. The number of carbonyl (C=O) groups excluding carboxylic acids is 2. The third-order valence-corrected chi connectivity index (χ3v) is 6.23. The molecule has 0 aromatic heterocycles. The Balaban J connectivity index is 1.89. The van der Waals surface area contributed by atoms with E-state index in [2.05, 4.69) is 26.1 Å². The number of rotatable bonds is 9. The van der Waals surface area contributed by atoms with E-state index < -0.39 is 12.0 Å². The van der Waals surface area contributed by atoms with Crippen molar-refractivity contribution in [3.63, 3.8) is 0 Å². The fourth-order valence-electron chi connectivity index (χ4n) is 3.89. The Bertz CT molecular complexity index is 672. The van der Waals surface area contributed by atoms with Crippen molar-refractivity contribution in [1.82, 2.24) is 5.32 Å². The van der Waals surface area contributed by atoms with Gasteiger partial charge in [-0.05, 0) is 48.3 Å². The number of methoxy groups -OCH3 is 2. The van der Waals surface area contributed by atoms with Gasteiger partial charge < -0.3 is 19.5 Å². The molecule has 1 saturated carbocycles. The van der Waals surface area contributed by atoms with Crippen molar-refractivity contribution < 1.29 is 23.8 Å². The van der Waals surface area contributed by atoms with E-state index in [1.165, 1.54) is 13.5 Å². The van der Waals surface area contributed by atoms with Gasteiger partial charge in [0.2, 0.25) is 5.91 Å². The summed E-state index contributed by atoms with van der Waals surface area (Å²) in [6, 6.07) is 6.63. The van der Waals surface area contributed by atoms with Gasteiger partial charge in [0, 0.05) is 6.42 Å². The fourth-order valence-corrected chi connectivity index (χ4v) is 3.89. The second-order valence-electron chi connectivity index (χ2n) is 8.53. The van der Waals surface area contributed by atoms with Crippen molar-refractivity contribution >= 4 is 11.9 Å². The van der Waals surface area contributed by atoms with Crippen molar-refractivity contribution in [3.8, 4) is 5.75 Å². The van der Waals surface area contributed by atoms with Crippen LogP contribution in [-0.4, -0.2) is 44.8 Å². The summed E-state index contributed by atoms with van der Waals surface area (Å²) < 4.78 is 15.9. The molecule has 0 saturated heterocycles. The van der Waals surface area contributed by atoms with Gasteiger partial charge in [0.25, 0.3) is 0 Å². The first-order valence-electron chi connectivity index (χ1n) is 10.4. The van der Waals surface area contributed by atoms with Crippen LogP contribution in [0, 0.1) is 11.3 Å². The number of hydrogen-bond donors (Lipinski definition) is 1. The van der Waals surface area contributed by atoms with Crippen molar-refractivity contribution in [1.29, 1.82) is 0 Å². The summed E-state index contributed by atoms with van der Waals surface area (Å²) in [6.07, 6.45) is 4.68. The van der Waals surface area contributed by atoms with Crippen LogP contribution >= 0.6 is 0 Å². The monoisotopic (exact) mass is 405 g/mol. The van der Waals surface area contributed by atoms with Gasteiger partial charge in [-0.25, -0.2) is 4.79 Å². The maximum absolute atomic E-state index is 12.4. The molecule has 1 aromatic rings. The predicted molar refractivity (Wildman–Crippen MR) is 112 cm³/mol. The van der Waals surface area contributed by atoms with Crippen molar-refractivity contribution in [2.45, 2.75) is 65.0 Å². The normalized spacial score (nSPS) is 22.8. The maximum Gasteiger partial charge on any atom is 0.328 e. The highest BCUT2D eigenvalue weighted by Gasteiger charge is 2.35. The second-order valence-corrected chi connectivity index (χ2v) is 8.53. The third kappa shape index (κ3) is 6.74. The van der Waals surface area contributed by atoms with E-state index in [0.29, 0.717) is 12.3 Å². The summed E-state index contributed by atoms with van der Waals surface area (Å²) in [5.41, 5.74) is 1.16. The zero-order chi connectivity index (χ0) is 21.4. The molecule has 2 rings (SSSR count). The van der Waals surface area contributed by atoms with E-state index >= 15 is 0 Å². The number of nitrogens with one attached hydrogen (secondary N) is 1. The first-order valence-corrected chi connectivity index (χ1v) is 10.4. The Labute approximate surface area is 174 Å². The average molecular weight is 406 g/mol. The van der Waals surface area contributed by atoms with Gasteiger partial charge in [-0.2, -0.15) is 0 Å². The topological polar surface area (TPSA) is 73.9 Å². The Kier molecular flexibility index (Phi) is 8.50. The Morgan fingerprint density at radius 3 is 2.48 bits per heavy atom. The SMILES string of the molecule is COC(=O)[C@H](Cc1ccc(OC)cc1)NC(=O)COC1CCCC(C)(C(C)C)C1. The lowest BCUT2D eigenvalue weighted by Gasteiger charge is -2.41. The highest BCUT2D eigenvalue weighted by Crippen LogP contribution is 2.42. The molecule has 162 valence electrons. The minimum absolute atomic E-state index is 0.0467. The Hall–Kier alpha value is -2.08. The largest absolute Gasteiger partial charge is 0.497 e. The highest BCUT2D eigenvalue weighted by atomic mass is 16.5. The van der Waals surface area contributed by atoms with Crippen LogP contribution < -0.4 is 10.1 Å². The number of ether oxygens (including phenoxy) is 3. The van der Waals surface area contributed by atoms with Crippen molar-refractivity contribution in [2.24, 2.45) is 11.3 Å². The molecule has 1 N–H and O–H groups in total. The second kappa shape index (κ2) is 10.6. The van der Waals surface area contributed by atoms with Crippen LogP contribution in [0.5, 0.6) is 5.75 Å². The molecular formula is C23H35NO5. The predicted octanol–water partition coefficient (Wildman–Crippen LogP) is 3.52. The lowest BCUT2D eigenvalue weighted by molar-refractivity contribution is -0.146. The highest BCUT2D eigenvalue weighted by molar-refractivity contribution is 5.85. The molecule has 1 aliphatic rings. The first kappa shape index (κ1) is 23.2. The maximum atomic E-state index is 12.4. The molecule has 1 aliphatic carbocycles. The van der Waals surface area contributed by atoms with Crippen molar-refractivity contribution in [3.05, 3.63) is 29.8 Å². The first-order chi connectivity index (χ1) is 13.8. The zero-order valence-electron chi connectivity index (χ0n) is 18.3. The lowest BCUT2D eigenvalue weighted by Crippen LogP contribution is -2.45. The van der Waals surface area contributed by atoms with Crippen LogP contribution in [0.2, 0.25) is 0 Å². The standard InChI is InChI=1S/C23H35NO5/c1-16(2)23(3)12-6-7-19(14-23)29-15-21(25)24-20(22(26)28-5)13-17-8-10-18(27-4)11-9-17/h8-11,16,19-20H,6-7,12-15H2,1-5H3,(H,24,25)/t19?,20-,23?/m0/s1. The summed E-state index contributed by atoms with van der Waals surface area (Å²) in [4.78, 5) is 24.6. The van der Waals surface area contributed by atoms with E-state index in [1.807, 2.05) is 24.3 Å². The molecular weight excluding hydrogens is 370 g/mol. The number of hydrogen-bond acceptors (Lipinski definition) is 5. The van der Waals surface area contributed by atoms with Gasteiger partial charge >= 0.3 is 5.97 Å². The summed E-state index contributed by atoms with van der Waals surface area (Å²) >= 11 is 0. The molecule has 0 spiro atoms. The molecule has 0 radical (unpaired) electrons. The Morgan fingerprint density at radius 1 is 1.21 bits per heavy atom. The zero-order valence-corrected chi connectivity index (χ0v) is 18.3. The van der Waals surface area contributed by atoms with Gasteiger partial charge in [-0.1, -0.05) is 39.3 Å². The van der Waals surface area contributed by atoms with Crippen LogP contribution in [0.3, 0.4) is 0 Å². The number of benzene rings is 1. The molecule has 1 fully saturated rings. The van der Waals surface area contributed by atoms with Gasteiger partial charge in [0.1, 0.15) is 18.4 Å².